The van der Waals surface area contributed by atoms with Gasteiger partial charge in [0.2, 0.25) is 0 Å². The first kappa shape index (κ1) is 17.8. The van der Waals surface area contributed by atoms with Crippen LogP contribution in [0.25, 0.3) is 0 Å². The molecule has 0 unspecified atom stereocenters. The Morgan fingerprint density at radius 3 is 2.68 bits per heavy atom. The molecule has 4 nitrogen and oxygen atoms in total. The van der Waals surface area contributed by atoms with E-state index in [0.717, 1.165) is 12.1 Å². The Morgan fingerprint density at radius 2 is 1.92 bits per heavy atom. The minimum atomic E-state index is -0.887. The Hall–Kier alpha value is -2.05. The van der Waals surface area contributed by atoms with Crippen molar-refractivity contribution in [3.63, 3.8) is 0 Å². The number of hydrogen-bond acceptors (Lipinski definition) is 2. The van der Waals surface area contributed by atoms with Crippen LogP contribution in [0.1, 0.15) is 6.42 Å². The van der Waals surface area contributed by atoms with E-state index in [1.54, 1.807) is 18.2 Å². The molecule has 2 N–H and O–H groups in total. The average molecular weight is 386 g/mol. The summed E-state index contributed by atoms with van der Waals surface area (Å²) in [4.78, 5) is 14.0. The Bertz CT molecular complexity index is 803. The SMILES string of the molecule is O=C(Nc1cc(Cl)ccc1Cl)N[C@@H]1CCN(c2ccc(F)c(F)c2)C1. The first-order valence-corrected chi connectivity index (χ1v) is 8.40. The fourth-order valence-electron chi connectivity index (χ4n) is 2.73. The Balaban J connectivity index is 1.58. The van der Waals surface area contributed by atoms with Gasteiger partial charge in [0.1, 0.15) is 0 Å². The molecule has 8 heteroatoms. The minimum absolute atomic E-state index is 0.119. The number of anilines is 2. The van der Waals surface area contributed by atoms with E-state index in [1.165, 1.54) is 6.07 Å². The molecule has 0 radical (unpaired) electrons. The highest BCUT2D eigenvalue weighted by Gasteiger charge is 2.25. The third kappa shape index (κ3) is 4.32. The molecule has 1 fully saturated rings. The lowest BCUT2D eigenvalue weighted by Crippen LogP contribution is -2.39. The molecule has 3 rings (SSSR count). The zero-order valence-corrected chi connectivity index (χ0v) is 14.5. The molecule has 1 aliphatic rings. The van der Waals surface area contributed by atoms with Crippen molar-refractivity contribution in [1.29, 1.82) is 0 Å². The molecule has 1 atom stereocenters. The van der Waals surface area contributed by atoms with Crippen LogP contribution in [0, 0.1) is 11.6 Å². The topological polar surface area (TPSA) is 44.4 Å². The van der Waals surface area contributed by atoms with Gasteiger partial charge >= 0.3 is 6.03 Å². The van der Waals surface area contributed by atoms with Gasteiger partial charge in [0.15, 0.2) is 11.6 Å². The summed E-state index contributed by atoms with van der Waals surface area (Å²) in [7, 11) is 0. The third-order valence-electron chi connectivity index (χ3n) is 3.97. The van der Waals surface area contributed by atoms with Crippen LogP contribution < -0.4 is 15.5 Å². The molecule has 1 saturated heterocycles. The minimum Gasteiger partial charge on any atom is -0.369 e. The zero-order valence-electron chi connectivity index (χ0n) is 13.0. The first-order chi connectivity index (χ1) is 11.9. The number of amides is 2. The van der Waals surface area contributed by atoms with Gasteiger partial charge in [-0.3, -0.25) is 0 Å². The molecule has 0 bridgehead atoms. The summed E-state index contributed by atoms with van der Waals surface area (Å²) in [5.74, 6) is -1.77. The number of carbonyl (C=O) groups excluding carboxylic acids is 1. The number of halogens is 4. The van der Waals surface area contributed by atoms with Crippen LogP contribution >= 0.6 is 23.2 Å². The molecular weight excluding hydrogens is 371 g/mol. The molecule has 2 aromatic carbocycles. The quantitative estimate of drug-likeness (QED) is 0.805. The molecule has 132 valence electrons. The van der Waals surface area contributed by atoms with E-state index >= 15 is 0 Å². The summed E-state index contributed by atoms with van der Waals surface area (Å²) < 4.78 is 26.4. The average Bonchev–Trinajstić information content (AvgIpc) is 3.02. The largest absolute Gasteiger partial charge is 0.369 e. The lowest BCUT2D eigenvalue weighted by molar-refractivity contribution is 0.249. The van der Waals surface area contributed by atoms with Crippen molar-refractivity contribution in [2.45, 2.75) is 12.5 Å². The van der Waals surface area contributed by atoms with Crippen molar-refractivity contribution in [2.75, 3.05) is 23.3 Å². The molecule has 1 heterocycles. The van der Waals surface area contributed by atoms with Gasteiger partial charge in [-0.1, -0.05) is 23.2 Å². The highest BCUT2D eigenvalue weighted by molar-refractivity contribution is 6.35. The van der Waals surface area contributed by atoms with Crippen LogP contribution in [0.4, 0.5) is 25.0 Å². The van der Waals surface area contributed by atoms with Crippen molar-refractivity contribution >= 4 is 40.6 Å². The summed E-state index contributed by atoms with van der Waals surface area (Å²) in [6.07, 6.45) is 0.690. The summed E-state index contributed by atoms with van der Waals surface area (Å²) in [6, 6.07) is 8.04. The Kier molecular flexibility index (Phi) is 5.30. The molecule has 1 aliphatic heterocycles. The van der Waals surface area contributed by atoms with E-state index in [9.17, 15) is 13.6 Å². The van der Waals surface area contributed by atoms with Gasteiger partial charge in [-0.2, -0.15) is 0 Å². The van der Waals surface area contributed by atoms with E-state index in [0.29, 0.717) is 40.9 Å². The summed E-state index contributed by atoms with van der Waals surface area (Å²) in [5.41, 5.74) is 1.00. The second kappa shape index (κ2) is 7.45. The summed E-state index contributed by atoms with van der Waals surface area (Å²) >= 11 is 11.9. The molecule has 2 aromatic rings. The number of urea groups is 1. The molecule has 0 spiro atoms. The van der Waals surface area contributed by atoms with E-state index in [4.69, 9.17) is 23.2 Å². The van der Waals surface area contributed by atoms with Gasteiger partial charge < -0.3 is 15.5 Å². The highest BCUT2D eigenvalue weighted by atomic mass is 35.5. The molecule has 2 amide bonds. The highest BCUT2D eigenvalue weighted by Crippen LogP contribution is 2.26. The monoisotopic (exact) mass is 385 g/mol. The molecule has 0 saturated carbocycles. The number of nitrogens with one attached hydrogen (secondary N) is 2. The van der Waals surface area contributed by atoms with Crippen LogP contribution in [0.3, 0.4) is 0 Å². The van der Waals surface area contributed by atoms with Crippen molar-refractivity contribution in [3.8, 4) is 0 Å². The fourth-order valence-corrected chi connectivity index (χ4v) is 3.07. The van der Waals surface area contributed by atoms with E-state index in [2.05, 4.69) is 10.6 Å². The first-order valence-electron chi connectivity index (χ1n) is 7.65. The van der Waals surface area contributed by atoms with E-state index in [1.807, 2.05) is 4.90 Å². The van der Waals surface area contributed by atoms with Gasteiger partial charge in [0.05, 0.1) is 10.7 Å². The lowest BCUT2D eigenvalue weighted by Gasteiger charge is -2.19. The van der Waals surface area contributed by atoms with Gasteiger partial charge in [-0.15, -0.1) is 0 Å². The Labute approximate surface area is 153 Å². The molecule has 0 aliphatic carbocycles. The standard InChI is InChI=1S/C17H15Cl2F2N3O/c18-10-1-3-13(19)16(7-10)23-17(25)22-11-5-6-24(9-11)12-2-4-14(20)15(21)8-12/h1-4,7-8,11H,5-6,9H2,(H2,22,23,25)/t11-/m1/s1. The second-order valence-corrected chi connectivity index (χ2v) is 6.60. The predicted molar refractivity (Wildman–Crippen MR) is 95.6 cm³/mol. The predicted octanol–water partition coefficient (Wildman–Crippen LogP) is 4.67. The Morgan fingerprint density at radius 1 is 1.12 bits per heavy atom. The van der Waals surface area contributed by atoms with Crippen molar-refractivity contribution < 1.29 is 13.6 Å². The molecule has 0 aromatic heterocycles. The van der Waals surface area contributed by atoms with Crippen molar-refractivity contribution in [1.82, 2.24) is 5.32 Å². The van der Waals surface area contributed by atoms with E-state index < -0.39 is 17.7 Å². The maximum absolute atomic E-state index is 13.3. The maximum Gasteiger partial charge on any atom is 0.319 e. The van der Waals surface area contributed by atoms with Gasteiger partial charge in [-0.25, -0.2) is 13.6 Å². The van der Waals surface area contributed by atoms with Crippen LogP contribution in [0.5, 0.6) is 0 Å². The van der Waals surface area contributed by atoms with Crippen LogP contribution in [-0.4, -0.2) is 25.2 Å². The van der Waals surface area contributed by atoms with Crippen LogP contribution in [0.2, 0.25) is 10.0 Å². The normalized spacial score (nSPS) is 16.8. The van der Waals surface area contributed by atoms with Gasteiger partial charge in [-0.05, 0) is 36.8 Å². The lowest BCUT2D eigenvalue weighted by atomic mass is 10.2. The molecular formula is C17H15Cl2F2N3O. The summed E-state index contributed by atoms with van der Waals surface area (Å²) in [6.45, 7) is 1.13. The number of carbonyl (C=O) groups is 1. The van der Waals surface area contributed by atoms with Crippen molar-refractivity contribution in [3.05, 3.63) is 58.1 Å². The third-order valence-corrected chi connectivity index (χ3v) is 4.53. The van der Waals surface area contributed by atoms with Crippen LogP contribution in [-0.2, 0) is 0 Å². The fraction of sp³-hybridized carbons (Fsp3) is 0.235. The maximum atomic E-state index is 13.3. The molecule has 25 heavy (non-hydrogen) atoms. The number of nitrogens with zero attached hydrogens (tertiary/aromatic N) is 1. The number of benzene rings is 2. The van der Waals surface area contributed by atoms with Gasteiger partial charge in [0.25, 0.3) is 0 Å². The number of hydrogen-bond donors (Lipinski definition) is 2. The number of rotatable bonds is 3. The van der Waals surface area contributed by atoms with Crippen LogP contribution in [0.15, 0.2) is 36.4 Å². The zero-order chi connectivity index (χ0) is 18.0. The summed E-state index contributed by atoms with van der Waals surface area (Å²) in [5, 5.41) is 6.34. The smallest absolute Gasteiger partial charge is 0.319 e. The van der Waals surface area contributed by atoms with Gasteiger partial charge in [0, 0.05) is 35.9 Å². The van der Waals surface area contributed by atoms with Crippen molar-refractivity contribution in [2.24, 2.45) is 0 Å². The second-order valence-electron chi connectivity index (χ2n) is 5.75. The van der Waals surface area contributed by atoms with E-state index in [-0.39, 0.29) is 6.04 Å².